The molecule has 0 bridgehead atoms. The summed E-state index contributed by atoms with van der Waals surface area (Å²) in [4.78, 5) is 8.74. The molecule has 0 aromatic carbocycles. The Hall–Kier alpha value is -1.35. The molecule has 0 saturated heterocycles. The van der Waals surface area contributed by atoms with E-state index < -0.39 is 0 Å². The van der Waals surface area contributed by atoms with Crippen molar-refractivity contribution in [2.75, 3.05) is 5.88 Å². The van der Waals surface area contributed by atoms with Crippen LogP contribution < -0.4 is 0 Å². The fraction of sp³-hybridized carbons (Fsp3) is 0.333. The third-order valence-corrected chi connectivity index (χ3v) is 2.40. The number of aryl methyl sites for hydroxylation is 3. The lowest BCUT2D eigenvalue weighted by molar-refractivity contribution is 0.545. The molecule has 4 heteroatoms. The molecular weight excluding hydrogens is 224 g/mol. The average molecular weight is 237 g/mol. The lowest BCUT2D eigenvalue weighted by atomic mass is 10.2. The molecule has 2 aromatic heterocycles. The van der Waals surface area contributed by atoms with Gasteiger partial charge in [0.1, 0.15) is 17.3 Å². The lowest BCUT2D eigenvalue weighted by Gasteiger charge is -2.02. The van der Waals surface area contributed by atoms with E-state index in [0.29, 0.717) is 12.3 Å². The molecule has 0 radical (unpaired) electrons. The van der Waals surface area contributed by atoms with E-state index in [9.17, 15) is 0 Å². The summed E-state index contributed by atoms with van der Waals surface area (Å²) in [5, 5.41) is 0. The maximum Gasteiger partial charge on any atom is 0.152 e. The van der Waals surface area contributed by atoms with E-state index in [1.807, 2.05) is 32.0 Å². The predicted octanol–water partition coefficient (Wildman–Crippen LogP) is 3.13. The molecule has 0 aliphatic heterocycles. The van der Waals surface area contributed by atoms with Crippen LogP contribution in [0.5, 0.6) is 0 Å². The second-order valence-electron chi connectivity index (χ2n) is 3.66. The molecule has 0 unspecified atom stereocenters. The minimum Gasteiger partial charge on any atom is -0.460 e. The molecule has 0 aliphatic rings. The Kier molecular flexibility index (Phi) is 3.25. The first-order valence-corrected chi connectivity index (χ1v) is 5.70. The van der Waals surface area contributed by atoms with Gasteiger partial charge in [0.25, 0.3) is 0 Å². The molecule has 2 aromatic rings. The summed E-state index contributed by atoms with van der Waals surface area (Å²) in [6, 6.07) is 5.76. The van der Waals surface area contributed by atoms with Gasteiger partial charge < -0.3 is 4.42 Å². The molecule has 0 N–H and O–H groups in total. The van der Waals surface area contributed by atoms with E-state index in [2.05, 4.69) is 9.97 Å². The number of aromatic nitrogens is 2. The van der Waals surface area contributed by atoms with Crippen molar-refractivity contribution in [3.05, 3.63) is 35.5 Å². The van der Waals surface area contributed by atoms with Crippen molar-refractivity contribution in [2.24, 2.45) is 0 Å². The summed E-state index contributed by atoms with van der Waals surface area (Å²) < 4.78 is 5.53. The minimum atomic E-state index is 0.528. The van der Waals surface area contributed by atoms with Crippen molar-refractivity contribution in [3.8, 4) is 11.5 Å². The fourth-order valence-corrected chi connectivity index (χ4v) is 1.69. The summed E-state index contributed by atoms with van der Waals surface area (Å²) >= 11 is 5.69. The van der Waals surface area contributed by atoms with Gasteiger partial charge in [0.05, 0.1) is 0 Å². The van der Waals surface area contributed by atoms with Crippen molar-refractivity contribution in [2.45, 2.75) is 20.3 Å². The van der Waals surface area contributed by atoms with E-state index in [1.165, 1.54) is 0 Å². The van der Waals surface area contributed by atoms with Gasteiger partial charge in [0.2, 0.25) is 0 Å². The van der Waals surface area contributed by atoms with Crippen LogP contribution in [0.1, 0.15) is 17.3 Å². The predicted molar refractivity (Wildman–Crippen MR) is 63.6 cm³/mol. The Morgan fingerprint density at radius 2 is 2.06 bits per heavy atom. The van der Waals surface area contributed by atoms with Gasteiger partial charge in [-0.05, 0) is 32.0 Å². The van der Waals surface area contributed by atoms with Crippen LogP contribution in [0.2, 0.25) is 0 Å². The van der Waals surface area contributed by atoms with Gasteiger partial charge in [0, 0.05) is 18.0 Å². The average Bonchev–Trinajstić information content (AvgIpc) is 2.64. The topological polar surface area (TPSA) is 38.9 Å². The number of nitrogens with zero attached hydrogens (tertiary/aromatic N) is 2. The van der Waals surface area contributed by atoms with Crippen LogP contribution in [-0.4, -0.2) is 15.8 Å². The Balaban J connectivity index is 2.40. The largest absolute Gasteiger partial charge is 0.460 e. The summed E-state index contributed by atoms with van der Waals surface area (Å²) in [5.74, 6) is 2.95. The lowest BCUT2D eigenvalue weighted by Crippen LogP contribution is -1.99. The molecule has 16 heavy (non-hydrogen) atoms. The Morgan fingerprint density at radius 3 is 2.69 bits per heavy atom. The molecular formula is C12H13ClN2O. The van der Waals surface area contributed by atoms with Crippen molar-refractivity contribution >= 4 is 11.6 Å². The third-order valence-electron chi connectivity index (χ3n) is 2.21. The SMILES string of the molecule is Cc1cc(-c2ccc(C)o2)nc(CCCl)n1. The molecule has 3 nitrogen and oxygen atoms in total. The van der Waals surface area contributed by atoms with Crippen molar-refractivity contribution < 1.29 is 4.42 Å². The summed E-state index contributed by atoms with van der Waals surface area (Å²) in [7, 11) is 0. The third kappa shape index (κ3) is 2.42. The van der Waals surface area contributed by atoms with E-state index in [1.54, 1.807) is 0 Å². The quantitative estimate of drug-likeness (QED) is 0.769. The molecule has 0 amide bonds. The van der Waals surface area contributed by atoms with Gasteiger partial charge >= 0.3 is 0 Å². The zero-order valence-corrected chi connectivity index (χ0v) is 10.1. The molecule has 0 aliphatic carbocycles. The highest BCUT2D eigenvalue weighted by Gasteiger charge is 2.07. The van der Waals surface area contributed by atoms with Crippen molar-refractivity contribution in [3.63, 3.8) is 0 Å². The van der Waals surface area contributed by atoms with Gasteiger partial charge in [-0.25, -0.2) is 9.97 Å². The Labute approximate surface area is 99.5 Å². The zero-order valence-electron chi connectivity index (χ0n) is 9.33. The second kappa shape index (κ2) is 4.66. The number of hydrogen-bond acceptors (Lipinski definition) is 3. The van der Waals surface area contributed by atoms with Crippen LogP contribution in [-0.2, 0) is 6.42 Å². The van der Waals surface area contributed by atoms with Crippen LogP contribution in [0.3, 0.4) is 0 Å². The number of rotatable bonds is 3. The molecule has 84 valence electrons. The van der Waals surface area contributed by atoms with Crippen molar-refractivity contribution in [1.82, 2.24) is 9.97 Å². The summed E-state index contributed by atoms with van der Waals surface area (Å²) in [6.07, 6.45) is 0.677. The zero-order chi connectivity index (χ0) is 11.5. The molecule has 0 saturated carbocycles. The molecule has 2 rings (SSSR count). The first kappa shape index (κ1) is 11.1. The maximum atomic E-state index is 5.69. The molecule has 0 atom stereocenters. The van der Waals surface area contributed by atoms with E-state index >= 15 is 0 Å². The summed E-state index contributed by atoms with van der Waals surface area (Å²) in [6.45, 7) is 3.86. The van der Waals surface area contributed by atoms with Gasteiger partial charge in [-0.3, -0.25) is 0 Å². The number of halogens is 1. The van der Waals surface area contributed by atoms with Crippen LogP contribution in [0.4, 0.5) is 0 Å². The highest BCUT2D eigenvalue weighted by atomic mass is 35.5. The standard InChI is InChI=1S/C12H13ClN2O/c1-8-7-10(11-4-3-9(2)16-11)15-12(14-8)5-6-13/h3-4,7H,5-6H2,1-2H3. The highest BCUT2D eigenvalue weighted by molar-refractivity contribution is 6.17. The number of hydrogen-bond donors (Lipinski definition) is 0. The van der Waals surface area contributed by atoms with E-state index in [4.69, 9.17) is 16.0 Å². The Bertz CT molecular complexity index is 494. The Morgan fingerprint density at radius 1 is 1.25 bits per heavy atom. The fourth-order valence-electron chi connectivity index (χ4n) is 1.52. The molecule has 0 fully saturated rings. The first-order valence-electron chi connectivity index (χ1n) is 5.16. The smallest absolute Gasteiger partial charge is 0.152 e. The van der Waals surface area contributed by atoms with E-state index in [0.717, 1.165) is 28.7 Å². The van der Waals surface area contributed by atoms with Crippen LogP contribution >= 0.6 is 11.6 Å². The highest BCUT2D eigenvalue weighted by Crippen LogP contribution is 2.20. The molecule has 0 spiro atoms. The minimum absolute atomic E-state index is 0.528. The number of alkyl halides is 1. The van der Waals surface area contributed by atoms with Crippen LogP contribution in [0.25, 0.3) is 11.5 Å². The normalized spacial score (nSPS) is 10.7. The van der Waals surface area contributed by atoms with E-state index in [-0.39, 0.29) is 0 Å². The van der Waals surface area contributed by atoms with Gasteiger partial charge in [-0.1, -0.05) is 0 Å². The van der Waals surface area contributed by atoms with Crippen molar-refractivity contribution in [1.29, 1.82) is 0 Å². The first-order chi connectivity index (χ1) is 7.69. The van der Waals surface area contributed by atoms with Gasteiger partial charge in [-0.2, -0.15) is 0 Å². The second-order valence-corrected chi connectivity index (χ2v) is 4.04. The monoisotopic (exact) mass is 236 g/mol. The van der Waals surface area contributed by atoms with Gasteiger partial charge in [0.15, 0.2) is 5.76 Å². The number of furan rings is 1. The maximum absolute atomic E-state index is 5.69. The summed E-state index contributed by atoms with van der Waals surface area (Å²) in [5.41, 5.74) is 1.75. The van der Waals surface area contributed by atoms with Crippen LogP contribution in [0.15, 0.2) is 22.6 Å². The molecule has 2 heterocycles. The van der Waals surface area contributed by atoms with Gasteiger partial charge in [-0.15, -0.1) is 11.6 Å². The van der Waals surface area contributed by atoms with Crippen LogP contribution in [0, 0.1) is 13.8 Å².